The van der Waals surface area contributed by atoms with Crippen LogP contribution in [0.15, 0.2) is 0 Å². The van der Waals surface area contributed by atoms with Gasteiger partial charge in [0.1, 0.15) is 0 Å². The van der Waals surface area contributed by atoms with Gasteiger partial charge in [0.25, 0.3) is 0 Å². The SMILES string of the molecule is CNC(=O)C1CCN(C(=O)[C@@H]2CCCCN2)CC1. The highest BCUT2D eigenvalue weighted by Gasteiger charge is 2.30. The van der Waals surface area contributed by atoms with Gasteiger partial charge in [-0.25, -0.2) is 0 Å². The van der Waals surface area contributed by atoms with Crippen LogP contribution in [0.25, 0.3) is 0 Å². The third kappa shape index (κ3) is 3.02. The van der Waals surface area contributed by atoms with Crippen LogP contribution in [0.1, 0.15) is 32.1 Å². The van der Waals surface area contributed by atoms with Crippen LogP contribution in [0, 0.1) is 5.92 Å². The molecule has 18 heavy (non-hydrogen) atoms. The van der Waals surface area contributed by atoms with E-state index < -0.39 is 0 Å². The average molecular weight is 253 g/mol. The van der Waals surface area contributed by atoms with E-state index in [4.69, 9.17) is 0 Å². The van der Waals surface area contributed by atoms with Gasteiger partial charge in [0.2, 0.25) is 11.8 Å². The zero-order valence-electron chi connectivity index (χ0n) is 11.1. The minimum atomic E-state index is 0.00954. The molecule has 5 nitrogen and oxygen atoms in total. The lowest BCUT2D eigenvalue weighted by Gasteiger charge is -2.34. The molecular weight excluding hydrogens is 230 g/mol. The lowest BCUT2D eigenvalue weighted by Crippen LogP contribution is -2.51. The minimum Gasteiger partial charge on any atom is -0.359 e. The number of likely N-dealkylation sites (tertiary alicyclic amines) is 1. The molecule has 2 saturated heterocycles. The zero-order valence-corrected chi connectivity index (χ0v) is 11.1. The van der Waals surface area contributed by atoms with Gasteiger partial charge in [0.05, 0.1) is 6.04 Å². The highest BCUT2D eigenvalue weighted by molar-refractivity contribution is 5.83. The highest BCUT2D eigenvalue weighted by Crippen LogP contribution is 2.19. The van der Waals surface area contributed by atoms with Crippen LogP contribution in [0.2, 0.25) is 0 Å². The Hall–Kier alpha value is -1.10. The highest BCUT2D eigenvalue weighted by atomic mass is 16.2. The molecule has 0 bridgehead atoms. The standard InChI is InChI=1S/C13H23N3O2/c1-14-12(17)10-5-8-16(9-6-10)13(18)11-4-2-3-7-15-11/h10-11,15H,2-9H2,1H3,(H,14,17)/t11-/m0/s1. The van der Waals surface area contributed by atoms with E-state index in [1.54, 1.807) is 7.05 Å². The fraction of sp³-hybridized carbons (Fsp3) is 0.846. The topological polar surface area (TPSA) is 61.4 Å². The normalized spacial score (nSPS) is 25.8. The lowest BCUT2D eigenvalue weighted by atomic mass is 9.94. The summed E-state index contributed by atoms with van der Waals surface area (Å²) in [5.41, 5.74) is 0. The van der Waals surface area contributed by atoms with Crippen LogP contribution in [-0.4, -0.2) is 49.4 Å². The molecule has 0 aromatic carbocycles. The summed E-state index contributed by atoms with van der Waals surface area (Å²) in [4.78, 5) is 25.7. The van der Waals surface area contributed by atoms with Crippen molar-refractivity contribution in [3.05, 3.63) is 0 Å². The number of rotatable bonds is 2. The molecule has 0 spiro atoms. The Bertz CT molecular complexity index is 305. The first-order valence-corrected chi connectivity index (χ1v) is 6.96. The van der Waals surface area contributed by atoms with E-state index in [1.807, 2.05) is 4.90 Å². The molecule has 102 valence electrons. The Labute approximate surface area is 108 Å². The Morgan fingerprint density at radius 3 is 2.44 bits per heavy atom. The summed E-state index contributed by atoms with van der Waals surface area (Å²) in [5, 5.41) is 5.98. The van der Waals surface area contributed by atoms with Crippen LogP contribution in [0.5, 0.6) is 0 Å². The quantitative estimate of drug-likeness (QED) is 0.734. The predicted molar refractivity (Wildman–Crippen MR) is 69.0 cm³/mol. The first-order valence-electron chi connectivity index (χ1n) is 6.96. The fourth-order valence-electron chi connectivity index (χ4n) is 2.85. The monoisotopic (exact) mass is 253 g/mol. The van der Waals surface area contributed by atoms with Crippen LogP contribution in [-0.2, 0) is 9.59 Å². The van der Waals surface area contributed by atoms with Crippen molar-refractivity contribution in [1.29, 1.82) is 0 Å². The minimum absolute atomic E-state index is 0.00954. The van der Waals surface area contributed by atoms with Gasteiger partial charge in [-0.15, -0.1) is 0 Å². The molecule has 0 aromatic heterocycles. The second-order valence-electron chi connectivity index (χ2n) is 5.22. The van der Waals surface area contributed by atoms with E-state index >= 15 is 0 Å². The summed E-state index contributed by atoms with van der Waals surface area (Å²) >= 11 is 0. The van der Waals surface area contributed by atoms with Crippen LogP contribution in [0.3, 0.4) is 0 Å². The number of carbonyl (C=O) groups excluding carboxylic acids is 2. The van der Waals surface area contributed by atoms with Gasteiger partial charge in [0, 0.05) is 26.1 Å². The Kier molecular flexibility index (Phi) is 4.58. The van der Waals surface area contributed by atoms with Gasteiger partial charge in [-0.1, -0.05) is 6.42 Å². The number of amides is 2. The maximum absolute atomic E-state index is 12.3. The predicted octanol–water partition coefficient (Wildman–Crippen LogP) is 0.113. The van der Waals surface area contributed by atoms with E-state index in [-0.39, 0.29) is 23.8 Å². The van der Waals surface area contributed by atoms with Crippen molar-refractivity contribution < 1.29 is 9.59 Å². The molecular formula is C13H23N3O2. The van der Waals surface area contributed by atoms with Crippen molar-refractivity contribution in [3.8, 4) is 0 Å². The second kappa shape index (κ2) is 6.18. The van der Waals surface area contributed by atoms with Crippen LogP contribution < -0.4 is 10.6 Å². The summed E-state index contributed by atoms with van der Waals surface area (Å²) in [6.45, 7) is 2.38. The average Bonchev–Trinajstić information content (AvgIpc) is 2.47. The molecule has 5 heteroatoms. The van der Waals surface area contributed by atoms with Gasteiger partial charge in [0.15, 0.2) is 0 Å². The first-order chi connectivity index (χ1) is 8.72. The summed E-state index contributed by atoms with van der Waals surface area (Å²) < 4.78 is 0. The molecule has 2 amide bonds. The second-order valence-corrected chi connectivity index (χ2v) is 5.22. The third-order valence-electron chi connectivity index (χ3n) is 4.03. The number of nitrogens with one attached hydrogen (secondary N) is 2. The van der Waals surface area contributed by atoms with Crippen molar-refractivity contribution in [2.24, 2.45) is 5.92 Å². The van der Waals surface area contributed by atoms with Crippen molar-refractivity contribution in [2.75, 3.05) is 26.7 Å². The van der Waals surface area contributed by atoms with Crippen LogP contribution in [0.4, 0.5) is 0 Å². The van der Waals surface area contributed by atoms with Gasteiger partial charge < -0.3 is 15.5 Å². The van der Waals surface area contributed by atoms with E-state index in [0.29, 0.717) is 0 Å². The molecule has 2 N–H and O–H groups in total. The number of hydrogen-bond acceptors (Lipinski definition) is 3. The fourth-order valence-corrected chi connectivity index (χ4v) is 2.85. The van der Waals surface area contributed by atoms with E-state index in [2.05, 4.69) is 10.6 Å². The number of nitrogens with zero attached hydrogens (tertiary/aromatic N) is 1. The molecule has 2 aliphatic rings. The van der Waals surface area contributed by atoms with Gasteiger partial charge in [-0.05, 0) is 32.2 Å². The third-order valence-corrected chi connectivity index (χ3v) is 4.03. The maximum atomic E-state index is 12.3. The number of piperidine rings is 2. The van der Waals surface area contributed by atoms with Gasteiger partial charge >= 0.3 is 0 Å². The summed E-state index contributed by atoms with van der Waals surface area (Å²) in [6.07, 6.45) is 4.84. The molecule has 2 fully saturated rings. The molecule has 2 heterocycles. The van der Waals surface area contributed by atoms with Crippen molar-refractivity contribution in [3.63, 3.8) is 0 Å². The molecule has 1 atom stereocenters. The molecule has 0 aromatic rings. The Morgan fingerprint density at radius 1 is 1.17 bits per heavy atom. The number of hydrogen-bond donors (Lipinski definition) is 2. The van der Waals surface area contributed by atoms with E-state index in [9.17, 15) is 9.59 Å². The molecule has 2 rings (SSSR count). The molecule has 0 aliphatic carbocycles. The maximum Gasteiger partial charge on any atom is 0.239 e. The summed E-state index contributed by atoms with van der Waals surface area (Å²) in [6, 6.07) is 0.00954. The molecule has 0 radical (unpaired) electrons. The van der Waals surface area contributed by atoms with Crippen LogP contribution >= 0.6 is 0 Å². The molecule has 2 aliphatic heterocycles. The zero-order chi connectivity index (χ0) is 13.0. The first kappa shape index (κ1) is 13.3. The lowest BCUT2D eigenvalue weighted by molar-refractivity contribution is -0.137. The van der Waals surface area contributed by atoms with Crippen molar-refractivity contribution >= 4 is 11.8 Å². The smallest absolute Gasteiger partial charge is 0.239 e. The Balaban J connectivity index is 1.81. The number of carbonyl (C=O) groups is 2. The van der Waals surface area contributed by atoms with E-state index in [0.717, 1.165) is 45.3 Å². The molecule has 0 saturated carbocycles. The largest absolute Gasteiger partial charge is 0.359 e. The van der Waals surface area contributed by atoms with Crippen molar-refractivity contribution in [1.82, 2.24) is 15.5 Å². The van der Waals surface area contributed by atoms with Crippen molar-refractivity contribution in [2.45, 2.75) is 38.1 Å². The van der Waals surface area contributed by atoms with Gasteiger partial charge in [-0.2, -0.15) is 0 Å². The molecule has 0 unspecified atom stereocenters. The summed E-state index contributed by atoms with van der Waals surface area (Å²) in [7, 11) is 1.67. The summed E-state index contributed by atoms with van der Waals surface area (Å²) in [5.74, 6) is 0.418. The Morgan fingerprint density at radius 2 is 1.89 bits per heavy atom. The van der Waals surface area contributed by atoms with E-state index in [1.165, 1.54) is 6.42 Å². The van der Waals surface area contributed by atoms with Gasteiger partial charge in [-0.3, -0.25) is 9.59 Å².